The first-order chi connectivity index (χ1) is 13.1. The zero-order valence-corrected chi connectivity index (χ0v) is 15.5. The Hall–Kier alpha value is -2.99. The third-order valence-electron chi connectivity index (χ3n) is 4.47. The lowest BCUT2D eigenvalue weighted by Gasteiger charge is -2.28. The van der Waals surface area contributed by atoms with Crippen LogP contribution < -0.4 is 4.74 Å². The number of hydrogen-bond acceptors (Lipinski definition) is 5. The number of rotatable bonds is 3. The molecular weight excluding hydrogens is 364 g/mol. The third kappa shape index (κ3) is 3.61. The molecule has 4 rings (SSSR count). The Labute approximate surface area is 161 Å². The number of carbonyl (C=O) groups is 1. The molecule has 0 aliphatic carbocycles. The van der Waals surface area contributed by atoms with Crippen LogP contribution in [-0.2, 0) is 13.0 Å². The number of nitrogens with zero attached hydrogens (tertiary/aromatic N) is 4. The van der Waals surface area contributed by atoms with Crippen LogP contribution in [0.15, 0.2) is 48.8 Å². The average Bonchev–Trinajstić information content (AvgIpc) is 2.72. The molecule has 7 heteroatoms. The molecule has 0 unspecified atom stereocenters. The highest BCUT2D eigenvalue weighted by Crippen LogP contribution is 2.25. The fourth-order valence-corrected chi connectivity index (χ4v) is 3.32. The van der Waals surface area contributed by atoms with E-state index < -0.39 is 0 Å². The quantitative estimate of drug-likeness (QED) is 0.696. The van der Waals surface area contributed by atoms with Crippen molar-refractivity contribution in [3.8, 4) is 17.3 Å². The largest absolute Gasteiger partial charge is 0.497 e. The fraction of sp³-hybridized carbons (Fsp3) is 0.200. The van der Waals surface area contributed by atoms with E-state index >= 15 is 0 Å². The van der Waals surface area contributed by atoms with Gasteiger partial charge in [-0.3, -0.25) is 9.78 Å². The minimum Gasteiger partial charge on any atom is -0.497 e. The number of halogens is 1. The Balaban J connectivity index is 1.57. The first kappa shape index (κ1) is 17.4. The van der Waals surface area contributed by atoms with Crippen LogP contribution >= 0.6 is 11.6 Å². The summed E-state index contributed by atoms with van der Waals surface area (Å²) in [6.45, 7) is 1.05. The van der Waals surface area contributed by atoms with Crippen molar-refractivity contribution >= 4 is 17.5 Å². The summed E-state index contributed by atoms with van der Waals surface area (Å²) in [4.78, 5) is 28.0. The van der Waals surface area contributed by atoms with Gasteiger partial charge < -0.3 is 9.64 Å². The first-order valence-electron chi connectivity index (χ1n) is 8.54. The zero-order valence-electron chi connectivity index (χ0n) is 14.7. The Bertz CT molecular complexity index is 995. The molecule has 0 saturated heterocycles. The molecule has 1 aliphatic rings. The summed E-state index contributed by atoms with van der Waals surface area (Å²) in [5, 5.41) is 0.471. The molecule has 3 heterocycles. The molecule has 3 aromatic rings. The van der Waals surface area contributed by atoms with E-state index in [0.717, 1.165) is 17.0 Å². The van der Waals surface area contributed by atoms with Gasteiger partial charge in [-0.2, -0.15) is 0 Å². The number of ether oxygens (including phenoxy) is 1. The molecule has 0 radical (unpaired) electrons. The van der Waals surface area contributed by atoms with Crippen molar-refractivity contribution in [2.75, 3.05) is 13.7 Å². The van der Waals surface area contributed by atoms with E-state index in [1.165, 1.54) is 0 Å². The lowest BCUT2D eigenvalue weighted by molar-refractivity contribution is 0.0733. The molecule has 0 atom stereocenters. The Morgan fingerprint density at radius 2 is 2.11 bits per heavy atom. The molecule has 1 aromatic carbocycles. The Kier molecular flexibility index (Phi) is 4.73. The summed E-state index contributed by atoms with van der Waals surface area (Å²) in [6, 6.07) is 10.7. The highest BCUT2D eigenvalue weighted by molar-refractivity contribution is 6.31. The van der Waals surface area contributed by atoms with E-state index in [-0.39, 0.29) is 5.91 Å². The van der Waals surface area contributed by atoms with E-state index in [2.05, 4.69) is 15.0 Å². The monoisotopic (exact) mass is 380 g/mol. The van der Waals surface area contributed by atoms with E-state index in [1.54, 1.807) is 42.6 Å². The second-order valence-corrected chi connectivity index (χ2v) is 6.67. The number of benzene rings is 1. The summed E-state index contributed by atoms with van der Waals surface area (Å²) in [7, 11) is 1.55. The predicted octanol–water partition coefficient (Wildman–Crippen LogP) is 3.40. The summed E-state index contributed by atoms with van der Waals surface area (Å²) in [6.07, 6.45) is 4.17. The zero-order chi connectivity index (χ0) is 18.8. The van der Waals surface area contributed by atoms with Crippen LogP contribution in [-0.4, -0.2) is 39.4 Å². The number of amides is 1. The van der Waals surface area contributed by atoms with Crippen molar-refractivity contribution in [1.82, 2.24) is 19.9 Å². The fourth-order valence-electron chi connectivity index (χ4n) is 3.09. The molecule has 0 bridgehead atoms. The van der Waals surface area contributed by atoms with Gasteiger partial charge in [0.1, 0.15) is 11.4 Å². The van der Waals surface area contributed by atoms with Crippen molar-refractivity contribution in [2.24, 2.45) is 0 Å². The Morgan fingerprint density at radius 3 is 2.89 bits per heavy atom. The lowest BCUT2D eigenvalue weighted by atomic mass is 10.1. The minimum atomic E-state index is -0.0877. The normalized spacial score (nSPS) is 13.2. The lowest BCUT2D eigenvalue weighted by Crippen LogP contribution is -2.36. The van der Waals surface area contributed by atoms with E-state index in [4.69, 9.17) is 16.3 Å². The van der Waals surface area contributed by atoms with E-state index in [1.807, 2.05) is 18.2 Å². The van der Waals surface area contributed by atoms with Crippen LogP contribution in [0.2, 0.25) is 5.02 Å². The maximum Gasteiger partial charge on any atom is 0.254 e. The smallest absolute Gasteiger partial charge is 0.254 e. The van der Waals surface area contributed by atoms with Gasteiger partial charge >= 0.3 is 0 Å². The minimum absolute atomic E-state index is 0.0877. The number of hydrogen-bond donors (Lipinski definition) is 0. The SMILES string of the molecule is COc1cc(Cl)cc(C(=O)N2CCc3nc(-c4ccccn4)ncc3C2)c1. The molecular formula is C20H17ClN4O2. The number of methoxy groups -OCH3 is 1. The van der Waals surface area contributed by atoms with Crippen molar-refractivity contribution in [3.05, 3.63) is 70.6 Å². The maximum absolute atomic E-state index is 12.9. The predicted molar refractivity (Wildman–Crippen MR) is 102 cm³/mol. The molecule has 2 aromatic heterocycles. The van der Waals surface area contributed by atoms with Gasteiger partial charge in [0.2, 0.25) is 0 Å². The molecule has 136 valence electrons. The standard InChI is InChI=1S/C20H17ClN4O2/c1-27-16-9-13(8-15(21)10-16)20(26)25-7-5-17-14(12-25)11-23-19(24-17)18-4-2-3-6-22-18/h2-4,6,8-11H,5,7,12H2,1H3. The van der Waals surface area contributed by atoms with Gasteiger partial charge in [0.15, 0.2) is 5.82 Å². The first-order valence-corrected chi connectivity index (χ1v) is 8.92. The summed E-state index contributed by atoms with van der Waals surface area (Å²) in [5.41, 5.74) is 3.15. The van der Waals surface area contributed by atoms with Crippen molar-refractivity contribution in [3.63, 3.8) is 0 Å². The van der Waals surface area contributed by atoms with E-state index in [0.29, 0.717) is 41.7 Å². The highest BCUT2D eigenvalue weighted by Gasteiger charge is 2.24. The second-order valence-electron chi connectivity index (χ2n) is 6.24. The van der Waals surface area contributed by atoms with Gasteiger partial charge in [0, 0.05) is 48.1 Å². The van der Waals surface area contributed by atoms with Crippen LogP contribution in [0.25, 0.3) is 11.5 Å². The van der Waals surface area contributed by atoms with Gasteiger partial charge in [-0.15, -0.1) is 0 Å². The van der Waals surface area contributed by atoms with Crippen molar-refractivity contribution in [1.29, 1.82) is 0 Å². The van der Waals surface area contributed by atoms with Gasteiger partial charge in [-0.1, -0.05) is 17.7 Å². The summed E-state index contributed by atoms with van der Waals surface area (Å²) in [5.74, 6) is 1.08. The number of carbonyl (C=O) groups excluding carboxylic acids is 1. The van der Waals surface area contributed by atoms with Crippen molar-refractivity contribution < 1.29 is 9.53 Å². The number of aromatic nitrogens is 3. The van der Waals surface area contributed by atoms with E-state index in [9.17, 15) is 4.79 Å². The topological polar surface area (TPSA) is 68.2 Å². The molecule has 6 nitrogen and oxygen atoms in total. The van der Waals surface area contributed by atoms with Crippen LogP contribution in [0.1, 0.15) is 21.6 Å². The Morgan fingerprint density at radius 1 is 1.22 bits per heavy atom. The summed E-state index contributed by atoms with van der Waals surface area (Å²) < 4.78 is 5.20. The van der Waals surface area contributed by atoms with Gasteiger partial charge in [-0.25, -0.2) is 9.97 Å². The second kappa shape index (κ2) is 7.32. The number of fused-ring (bicyclic) bond motifs is 1. The van der Waals surface area contributed by atoms with Crippen molar-refractivity contribution in [2.45, 2.75) is 13.0 Å². The van der Waals surface area contributed by atoms with Crippen LogP contribution in [0, 0.1) is 0 Å². The van der Waals surface area contributed by atoms with Crippen LogP contribution in [0.5, 0.6) is 5.75 Å². The number of pyridine rings is 1. The third-order valence-corrected chi connectivity index (χ3v) is 4.69. The summed E-state index contributed by atoms with van der Waals surface area (Å²) >= 11 is 6.09. The molecule has 0 spiro atoms. The van der Waals surface area contributed by atoms with Gasteiger partial charge in [0.05, 0.1) is 12.8 Å². The van der Waals surface area contributed by atoms with Gasteiger partial charge in [-0.05, 0) is 30.3 Å². The molecule has 1 amide bonds. The van der Waals surface area contributed by atoms with Crippen LogP contribution in [0.3, 0.4) is 0 Å². The molecule has 0 fully saturated rings. The molecule has 1 aliphatic heterocycles. The van der Waals surface area contributed by atoms with Gasteiger partial charge in [0.25, 0.3) is 5.91 Å². The maximum atomic E-state index is 12.9. The molecule has 0 N–H and O–H groups in total. The highest BCUT2D eigenvalue weighted by atomic mass is 35.5. The molecule has 27 heavy (non-hydrogen) atoms. The average molecular weight is 381 g/mol. The molecule has 0 saturated carbocycles. The van der Waals surface area contributed by atoms with Crippen LogP contribution in [0.4, 0.5) is 0 Å².